The molecule has 1 N–H and O–H groups in total. The van der Waals surface area contributed by atoms with Crippen LogP contribution in [0.3, 0.4) is 0 Å². The number of thiazole rings is 1. The molecule has 0 saturated heterocycles. The van der Waals surface area contributed by atoms with Crippen LogP contribution in [0.1, 0.15) is 28.8 Å². The van der Waals surface area contributed by atoms with Crippen LogP contribution < -0.4 is 10.9 Å². The Balaban J connectivity index is 1.84. The van der Waals surface area contributed by atoms with E-state index in [0.717, 1.165) is 29.7 Å². The zero-order valence-corrected chi connectivity index (χ0v) is 13.4. The first-order valence-corrected chi connectivity index (χ1v) is 8.38. The van der Waals surface area contributed by atoms with Crippen molar-refractivity contribution in [1.82, 2.24) is 14.7 Å². The van der Waals surface area contributed by atoms with Gasteiger partial charge in [-0.25, -0.2) is 4.98 Å². The zero-order valence-electron chi connectivity index (χ0n) is 12.6. The number of hydrogen-bond acceptors (Lipinski definition) is 4. The Hall–Kier alpha value is -2.47. The number of aromatic nitrogens is 2. The summed E-state index contributed by atoms with van der Waals surface area (Å²) >= 11 is 1.39. The van der Waals surface area contributed by atoms with Crippen LogP contribution in [0.4, 0.5) is 0 Å². The Morgan fingerprint density at radius 2 is 2.04 bits per heavy atom. The Bertz CT molecular complexity index is 952. The summed E-state index contributed by atoms with van der Waals surface area (Å²) in [5, 5.41) is 4.75. The average Bonchev–Trinajstić information content (AvgIpc) is 3.24. The van der Waals surface area contributed by atoms with Gasteiger partial charge < -0.3 is 5.32 Å². The van der Waals surface area contributed by atoms with Gasteiger partial charge in [-0.3, -0.25) is 14.0 Å². The van der Waals surface area contributed by atoms with Gasteiger partial charge in [-0.05, 0) is 25.3 Å². The van der Waals surface area contributed by atoms with E-state index >= 15 is 0 Å². The number of fused-ring (bicyclic) bond motifs is 1. The van der Waals surface area contributed by atoms with Crippen LogP contribution in [0, 0.1) is 6.92 Å². The molecule has 1 amide bonds. The van der Waals surface area contributed by atoms with Crippen molar-refractivity contribution in [3.63, 3.8) is 0 Å². The van der Waals surface area contributed by atoms with Crippen molar-refractivity contribution in [2.75, 3.05) is 0 Å². The zero-order chi connectivity index (χ0) is 16.0. The second-order valence-corrected chi connectivity index (χ2v) is 6.67. The van der Waals surface area contributed by atoms with Crippen molar-refractivity contribution in [2.24, 2.45) is 0 Å². The van der Waals surface area contributed by atoms with E-state index in [9.17, 15) is 9.59 Å². The Morgan fingerprint density at radius 3 is 2.74 bits per heavy atom. The third-order valence-corrected chi connectivity index (χ3v) is 4.79. The summed E-state index contributed by atoms with van der Waals surface area (Å²) in [6, 6.07) is 8.16. The van der Waals surface area contributed by atoms with Gasteiger partial charge in [-0.2, -0.15) is 0 Å². The Morgan fingerprint density at radius 1 is 1.30 bits per heavy atom. The highest BCUT2D eigenvalue weighted by Crippen LogP contribution is 2.24. The van der Waals surface area contributed by atoms with Crippen LogP contribution >= 0.6 is 11.3 Å². The largest absolute Gasteiger partial charge is 0.349 e. The number of amides is 1. The fourth-order valence-electron chi connectivity index (χ4n) is 2.46. The number of hydrogen-bond donors (Lipinski definition) is 1. The molecule has 1 saturated carbocycles. The molecule has 23 heavy (non-hydrogen) atoms. The van der Waals surface area contributed by atoms with Gasteiger partial charge in [-0.15, -0.1) is 11.3 Å². The number of carbonyl (C=O) groups is 1. The van der Waals surface area contributed by atoms with Crippen LogP contribution in [0.15, 0.2) is 40.6 Å². The van der Waals surface area contributed by atoms with E-state index in [2.05, 4.69) is 10.3 Å². The molecule has 5 nitrogen and oxygen atoms in total. The molecular formula is C17H15N3O2S. The molecule has 1 aromatic carbocycles. The smallest absolute Gasteiger partial charge is 0.271 e. The number of carbonyl (C=O) groups excluding carboxylic acids is 1. The summed E-state index contributed by atoms with van der Waals surface area (Å²) in [6.07, 6.45) is 3.34. The van der Waals surface area contributed by atoms with Crippen molar-refractivity contribution in [1.29, 1.82) is 0 Å². The summed E-state index contributed by atoms with van der Waals surface area (Å²) in [4.78, 5) is 29.8. The molecule has 0 bridgehead atoms. The van der Waals surface area contributed by atoms with Crippen molar-refractivity contribution < 1.29 is 4.79 Å². The maximum atomic E-state index is 12.8. The molecule has 0 radical (unpaired) electrons. The molecule has 4 rings (SSSR count). The van der Waals surface area contributed by atoms with E-state index < -0.39 is 0 Å². The quantitative estimate of drug-likeness (QED) is 0.805. The molecule has 6 heteroatoms. The summed E-state index contributed by atoms with van der Waals surface area (Å²) in [6.45, 7) is 2.02. The molecule has 0 aliphatic heterocycles. The van der Waals surface area contributed by atoms with Gasteiger partial charge >= 0.3 is 0 Å². The molecule has 1 fully saturated rings. The van der Waals surface area contributed by atoms with Crippen LogP contribution in [0.25, 0.3) is 16.2 Å². The van der Waals surface area contributed by atoms with Gasteiger partial charge in [0.15, 0.2) is 4.96 Å². The van der Waals surface area contributed by atoms with E-state index in [1.54, 1.807) is 0 Å². The molecule has 2 heterocycles. The molecule has 3 aromatic rings. The summed E-state index contributed by atoms with van der Waals surface area (Å²) < 4.78 is 1.52. The number of nitrogens with zero attached hydrogens (tertiary/aromatic N) is 2. The number of rotatable bonds is 3. The topological polar surface area (TPSA) is 63.5 Å². The summed E-state index contributed by atoms with van der Waals surface area (Å²) in [5.74, 6) is -0.333. The first-order chi connectivity index (χ1) is 11.1. The second-order valence-electron chi connectivity index (χ2n) is 5.83. The predicted octanol–water partition coefficient (Wildman–Crippen LogP) is 2.62. The lowest BCUT2D eigenvalue weighted by molar-refractivity contribution is 0.0949. The van der Waals surface area contributed by atoms with Crippen molar-refractivity contribution in [2.45, 2.75) is 25.8 Å². The van der Waals surface area contributed by atoms with Gasteiger partial charge in [0.05, 0.1) is 5.69 Å². The van der Waals surface area contributed by atoms with Gasteiger partial charge in [-0.1, -0.05) is 29.8 Å². The summed E-state index contributed by atoms with van der Waals surface area (Å²) in [5.41, 5.74) is 2.64. The predicted molar refractivity (Wildman–Crippen MR) is 90.0 cm³/mol. The maximum absolute atomic E-state index is 12.8. The van der Waals surface area contributed by atoms with Crippen LogP contribution in [0.5, 0.6) is 0 Å². The fraction of sp³-hybridized carbons (Fsp3) is 0.235. The summed E-state index contributed by atoms with van der Waals surface area (Å²) in [7, 11) is 0. The maximum Gasteiger partial charge on any atom is 0.271 e. The average molecular weight is 325 g/mol. The minimum absolute atomic E-state index is 0.0983. The molecule has 2 aromatic heterocycles. The van der Waals surface area contributed by atoms with Gasteiger partial charge in [0.25, 0.3) is 11.5 Å². The highest BCUT2D eigenvalue weighted by Gasteiger charge is 2.25. The van der Waals surface area contributed by atoms with E-state index in [1.165, 1.54) is 21.9 Å². The standard InChI is InChI=1S/C17H15N3O2S/c1-10-2-4-11(5-3-10)14-9-23-17-18-8-13(16(22)20(14)17)15(21)19-12-6-7-12/h2-5,8-9,12H,6-7H2,1H3,(H,19,21). The van der Waals surface area contributed by atoms with Crippen LogP contribution in [-0.2, 0) is 0 Å². The van der Waals surface area contributed by atoms with Gasteiger partial charge in [0.1, 0.15) is 5.56 Å². The lowest BCUT2D eigenvalue weighted by Gasteiger charge is -2.05. The molecule has 1 aliphatic rings. The van der Waals surface area contributed by atoms with Crippen LogP contribution in [0.2, 0.25) is 0 Å². The van der Waals surface area contributed by atoms with Gasteiger partial charge in [0, 0.05) is 17.6 Å². The van der Waals surface area contributed by atoms with Crippen molar-refractivity contribution in [3.05, 3.63) is 57.3 Å². The van der Waals surface area contributed by atoms with Crippen molar-refractivity contribution >= 4 is 22.2 Å². The third-order valence-electron chi connectivity index (χ3n) is 3.95. The van der Waals surface area contributed by atoms with E-state index in [0.29, 0.717) is 4.96 Å². The first kappa shape index (κ1) is 14.1. The molecule has 0 unspecified atom stereocenters. The normalized spacial score (nSPS) is 14.1. The molecule has 1 aliphatic carbocycles. The van der Waals surface area contributed by atoms with E-state index in [-0.39, 0.29) is 23.1 Å². The number of benzene rings is 1. The molecule has 116 valence electrons. The number of nitrogens with one attached hydrogen (secondary N) is 1. The lowest BCUT2D eigenvalue weighted by atomic mass is 10.1. The van der Waals surface area contributed by atoms with Gasteiger partial charge in [0.2, 0.25) is 0 Å². The monoisotopic (exact) mass is 325 g/mol. The SMILES string of the molecule is Cc1ccc(-c2csc3ncc(C(=O)NC4CC4)c(=O)n23)cc1. The third kappa shape index (κ3) is 2.55. The minimum Gasteiger partial charge on any atom is -0.349 e. The Kier molecular flexibility index (Phi) is 3.27. The second kappa shape index (κ2) is 5.31. The molecular weight excluding hydrogens is 310 g/mol. The fourth-order valence-corrected chi connectivity index (χ4v) is 3.32. The highest BCUT2D eigenvalue weighted by atomic mass is 32.1. The molecule has 0 spiro atoms. The van der Waals surface area contributed by atoms with E-state index in [4.69, 9.17) is 0 Å². The van der Waals surface area contributed by atoms with E-state index in [1.807, 2.05) is 36.6 Å². The minimum atomic E-state index is -0.333. The molecule has 0 atom stereocenters. The first-order valence-electron chi connectivity index (χ1n) is 7.50. The Labute approximate surface area is 136 Å². The lowest BCUT2D eigenvalue weighted by Crippen LogP contribution is -2.32. The van der Waals surface area contributed by atoms with Crippen molar-refractivity contribution in [3.8, 4) is 11.3 Å². The highest BCUT2D eigenvalue weighted by molar-refractivity contribution is 7.15. The van der Waals surface area contributed by atoms with Crippen LogP contribution in [-0.4, -0.2) is 21.3 Å². The number of aryl methyl sites for hydroxylation is 1.